The van der Waals surface area contributed by atoms with E-state index in [1.54, 1.807) is 13.8 Å². The zero-order chi connectivity index (χ0) is 37.3. The minimum Gasteiger partial charge on any atom is -0.471 e. The topological polar surface area (TPSA) is 186 Å². The van der Waals surface area contributed by atoms with Crippen LogP contribution in [-0.4, -0.2) is 88.7 Å². The second kappa shape index (κ2) is 15.0. The molecule has 4 aliphatic rings. The van der Waals surface area contributed by atoms with Gasteiger partial charge in [-0.25, -0.2) is 23.2 Å². The van der Waals surface area contributed by atoms with E-state index in [-0.39, 0.29) is 25.3 Å². The third-order valence-electron chi connectivity index (χ3n) is 10.0. The summed E-state index contributed by atoms with van der Waals surface area (Å²) in [6.07, 6.45) is 6.34. The first-order valence-electron chi connectivity index (χ1n) is 18.2. The van der Waals surface area contributed by atoms with Gasteiger partial charge in [0.15, 0.2) is 0 Å². The molecule has 14 nitrogen and oxygen atoms in total. The molecule has 4 heterocycles. The van der Waals surface area contributed by atoms with E-state index in [1.807, 2.05) is 53.9 Å². The van der Waals surface area contributed by atoms with E-state index in [2.05, 4.69) is 15.4 Å². The third-order valence-corrected chi connectivity index (χ3v) is 12.7. The van der Waals surface area contributed by atoms with Gasteiger partial charge in [0, 0.05) is 12.3 Å². The van der Waals surface area contributed by atoms with Crippen LogP contribution in [-0.2, 0) is 29.1 Å². The monoisotopic (exact) mass is 764 g/mol. The number of nitrogens with zero attached hydrogens (tertiary/aromatic N) is 3. The van der Waals surface area contributed by atoms with E-state index in [9.17, 15) is 27.6 Å². The second-order valence-corrected chi connectivity index (χ2v) is 17.4. The summed E-state index contributed by atoms with van der Waals surface area (Å²) in [7, 11) is -3.89. The lowest BCUT2D eigenvalue weighted by atomic mass is 10.0. The van der Waals surface area contributed by atoms with Gasteiger partial charge in [0.1, 0.15) is 29.4 Å². The summed E-state index contributed by atoms with van der Waals surface area (Å²) >= 11 is 1.47. The van der Waals surface area contributed by atoms with Crippen molar-refractivity contribution in [2.24, 2.45) is 5.92 Å². The Balaban J connectivity index is 1.21. The lowest BCUT2D eigenvalue weighted by molar-refractivity contribution is -0.141. The third kappa shape index (κ3) is 8.17. The van der Waals surface area contributed by atoms with Gasteiger partial charge in [-0.15, -0.1) is 11.3 Å². The molecule has 7 rings (SSSR count). The molecule has 2 aliphatic carbocycles. The molecule has 5 atom stereocenters. The van der Waals surface area contributed by atoms with Crippen LogP contribution in [0, 0.1) is 5.92 Å². The van der Waals surface area contributed by atoms with Crippen molar-refractivity contribution in [1.82, 2.24) is 30.2 Å². The molecule has 16 heteroatoms. The Hall–Kier alpha value is -4.57. The molecule has 3 fully saturated rings. The Bertz CT molecular complexity index is 2020. The first kappa shape index (κ1) is 36.8. The molecule has 2 saturated carbocycles. The highest BCUT2D eigenvalue weighted by Gasteiger charge is 2.62. The maximum Gasteiger partial charge on any atom is 0.408 e. The summed E-state index contributed by atoms with van der Waals surface area (Å²) in [5, 5.41) is 6.90. The number of benzene rings is 1. The smallest absolute Gasteiger partial charge is 0.408 e. The Kier molecular flexibility index (Phi) is 10.4. The second-order valence-electron chi connectivity index (χ2n) is 14.5. The van der Waals surface area contributed by atoms with Crippen molar-refractivity contribution in [3.05, 3.63) is 53.9 Å². The van der Waals surface area contributed by atoms with E-state index in [1.165, 1.54) is 16.2 Å². The van der Waals surface area contributed by atoms with E-state index < -0.39 is 74.8 Å². The van der Waals surface area contributed by atoms with Crippen molar-refractivity contribution in [1.29, 1.82) is 0 Å². The molecule has 0 radical (unpaired) electrons. The van der Waals surface area contributed by atoms with Crippen LogP contribution < -0.4 is 20.1 Å². The number of thiophene rings is 1. The number of allylic oxidation sites excluding steroid dienone is 1. The number of nitrogens with one attached hydrogen (secondary N) is 3. The van der Waals surface area contributed by atoms with Crippen LogP contribution in [0.3, 0.4) is 0 Å². The predicted molar refractivity (Wildman–Crippen MR) is 197 cm³/mol. The van der Waals surface area contributed by atoms with Gasteiger partial charge in [-0.1, -0.05) is 43.2 Å². The number of sulfonamides is 1. The number of amides is 4. The number of hydrogen-bond acceptors (Lipinski definition) is 11. The number of ether oxygens (including phenoxy) is 2. The van der Waals surface area contributed by atoms with Crippen LogP contribution in [0.4, 0.5) is 4.79 Å². The molecule has 4 amide bonds. The first-order chi connectivity index (χ1) is 25.4. The fourth-order valence-electron chi connectivity index (χ4n) is 7.04. The van der Waals surface area contributed by atoms with E-state index in [4.69, 9.17) is 19.4 Å². The Morgan fingerprint density at radius 1 is 1.04 bits per heavy atom. The van der Waals surface area contributed by atoms with E-state index >= 15 is 0 Å². The largest absolute Gasteiger partial charge is 0.471 e. The van der Waals surface area contributed by atoms with Gasteiger partial charge in [0.05, 0.1) is 33.8 Å². The lowest BCUT2D eigenvalue weighted by Gasteiger charge is -2.29. The number of rotatable bonds is 8. The minimum absolute atomic E-state index is 0.0225. The number of hydrogen-bond donors (Lipinski definition) is 3. The molecular formula is C37H44N6O8S2. The molecular weight excluding hydrogens is 721 g/mol. The van der Waals surface area contributed by atoms with Crippen LogP contribution in [0.2, 0.25) is 0 Å². The standard InChI is InChI=1S/C37H44N6O8S2/c1-22(2)50-36(47)40-28-14-7-5-3-4-6-11-23-20-37(23,35(46)42-53(48,49)25-16-17-25)41-32(44)29-19-24(21-43(29)34(28)45)51-33-31(30-15-10-18-52-30)38-26-12-8-9-13-27(26)39-33/h6,8-13,15,18,22-25,28-29H,3-5,7,14,16-17,19-21H2,1-2H3,(H,40,47)(H,41,44)(H,42,46)/b11-6+/t23?,24-,28-,29+,37-/m1/s1. The van der Waals surface area contributed by atoms with Gasteiger partial charge < -0.3 is 25.0 Å². The van der Waals surface area contributed by atoms with Gasteiger partial charge in [-0.2, -0.15) is 0 Å². The molecule has 1 saturated heterocycles. The zero-order valence-electron chi connectivity index (χ0n) is 29.7. The molecule has 3 N–H and O–H groups in total. The fraction of sp³-hybridized carbons (Fsp3) is 0.514. The van der Waals surface area contributed by atoms with Crippen molar-refractivity contribution in [3.8, 4) is 16.5 Å². The van der Waals surface area contributed by atoms with Crippen LogP contribution in [0.1, 0.15) is 71.6 Å². The maximum absolute atomic E-state index is 14.5. The van der Waals surface area contributed by atoms with Crippen molar-refractivity contribution >= 4 is 56.2 Å². The summed E-state index contributed by atoms with van der Waals surface area (Å²) in [4.78, 5) is 67.2. The Morgan fingerprint density at radius 2 is 1.81 bits per heavy atom. The van der Waals surface area contributed by atoms with Gasteiger partial charge in [-0.3, -0.25) is 19.1 Å². The van der Waals surface area contributed by atoms with E-state index in [0.717, 1.165) is 17.7 Å². The van der Waals surface area contributed by atoms with Gasteiger partial charge >= 0.3 is 6.09 Å². The number of carbonyl (C=O) groups is 4. The first-order valence-corrected chi connectivity index (χ1v) is 20.7. The number of carbonyl (C=O) groups excluding carboxylic acids is 4. The van der Waals surface area contributed by atoms with Crippen molar-refractivity contribution in [2.45, 2.75) is 107 Å². The van der Waals surface area contributed by atoms with Crippen molar-refractivity contribution in [2.75, 3.05) is 6.54 Å². The summed E-state index contributed by atoms with van der Waals surface area (Å²) in [5.74, 6) is -2.08. The van der Waals surface area contributed by atoms with Crippen LogP contribution in [0.25, 0.3) is 21.6 Å². The van der Waals surface area contributed by atoms with Crippen molar-refractivity contribution in [3.63, 3.8) is 0 Å². The van der Waals surface area contributed by atoms with Crippen LogP contribution in [0.15, 0.2) is 53.9 Å². The quantitative estimate of drug-likeness (QED) is 0.281. The highest BCUT2D eigenvalue weighted by atomic mass is 32.2. The normalized spacial score (nSPS) is 27.1. The highest BCUT2D eigenvalue weighted by Crippen LogP contribution is 2.46. The molecule has 1 unspecified atom stereocenters. The molecule has 53 heavy (non-hydrogen) atoms. The van der Waals surface area contributed by atoms with Gasteiger partial charge in [-0.05, 0) is 76.0 Å². The number of para-hydroxylation sites is 2. The lowest BCUT2D eigenvalue weighted by Crippen LogP contribution is -2.58. The van der Waals surface area contributed by atoms with Crippen molar-refractivity contribution < 1.29 is 37.1 Å². The van der Waals surface area contributed by atoms with Gasteiger partial charge in [0.25, 0.3) is 5.91 Å². The molecule has 282 valence electrons. The molecule has 2 aromatic heterocycles. The maximum atomic E-state index is 14.5. The number of aromatic nitrogens is 2. The predicted octanol–water partition coefficient (Wildman–Crippen LogP) is 4.21. The molecule has 1 aromatic carbocycles. The summed E-state index contributed by atoms with van der Waals surface area (Å²) in [5.41, 5.74) is 0.312. The summed E-state index contributed by atoms with van der Waals surface area (Å²) < 4.78 is 39.7. The molecule has 2 aliphatic heterocycles. The van der Waals surface area contributed by atoms with Gasteiger partial charge in [0.2, 0.25) is 27.7 Å². The van der Waals surface area contributed by atoms with Crippen LogP contribution >= 0.6 is 11.3 Å². The molecule has 0 bridgehead atoms. The van der Waals surface area contributed by atoms with E-state index in [0.29, 0.717) is 48.8 Å². The Labute approximate surface area is 312 Å². The Morgan fingerprint density at radius 3 is 2.53 bits per heavy atom. The summed E-state index contributed by atoms with van der Waals surface area (Å²) in [6.45, 7) is 3.40. The zero-order valence-corrected chi connectivity index (χ0v) is 31.3. The highest BCUT2D eigenvalue weighted by molar-refractivity contribution is 7.91. The summed E-state index contributed by atoms with van der Waals surface area (Å²) in [6, 6.07) is 9.10. The minimum atomic E-state index is -3.89. The fourth-order valence-corrected chi connectivity index (χ4v) is 9.10. The molecule has 3 aromatic rings. The molecule has 0 spiro atoms. The SMILES string of the molecule is CC(C)OC(=O)N[C@@H]1CCCCC/C=C/C2C[C@@]2(C(=O)NS(=O)(=O)C2CC2)NC(=O)[C@@H]2C[C@@H](Oc3nc4ccccc4nc3-c3cccs3)CN2C1=O. The average molecular weight is 765 g/mol. The average Bonchev–Trinajstić information content (AvgIpc) is 3.98. The number of alkyl carbamates (subject to hydrolysis) is 1. The van der Waals surface area contributed by atoms with Crippen LogP contribution in [0.5, 0.6) is 5.88 Å². The number of fused-ring (bicyclic) bond motifs is 3.